The Labute approximate surface area is 203 Å². The van der Waals surface area contributed by atoms with Crippen molar-refractivity contribution in [1.29, 1.82) is 0 Å². The molecule has 0 amide bonds. The zero-order valence-electron chi connectivity index (χ0n) is 20.7. The van der Waals surface area contributed by atoms with Crippen LogP contribution in [-0.2, 0) is 13.1 Å². The molecule has 6 nitrogen and oxygen atoms in total. The normalized spacial score (nSPS) is 19.1. The van der Waals surface area contributed by atoms with Crippen LogP contribution in [0, 0.1) is 20.8 Å². The number of aryl methyl sites for hydroxylation is 3. The molecule has 1 N–H and O–H groups in total. The predicted molar refractivity (Wildman–Crippen MR) is 134 cm³/mol. The van der Waals surface area contributed by atoms with Gasteiger partial charge in [-0.25, -0.2) is 0 Å². The lowest BCUT2D eigenvalue weighted by atomic mass is 9.96. The molecule has 182 valence electrons. The molecule has 2 heterocycles. The highest BCUT2D eigenvalue weighted by atomic mass is 16.5. The van der Waals surface area contributed by atoms with E-state index in [1.165, 1.54) is 11.1 Å². The van der Waals surface area contributed by atoms with Gasteiger partial charge in [-0.15, -0.1) is 0 Å². The molecule has 1 saturated heterocycles. The van der Waals surface area contributed by atoms with Crippen molar-refractivity contribution in [3.8, 4) is 11.5 Å². The number of ether oxygens (including phenoxy) is 2. The Morgan fingerprint density at radius 3 is 2.68 bits per heavy atom. The van der Waals surface area contributed by atoms with Crippen molar-refractivity contribution in [2.45, 2.75) is 58.7 Å². The Hall–Kier alpha value is -2.83. The van der Waals surface area contributed by atoms with Crippen molar-refractivity contribution in [2.75, 3.05) is 26.3 Å². The molecule has 1 aliphatic heterocycles. The fraction of sp³-hybridized carbons (Fsp3) is 0.464. The highest BCUT2D eigenvalue weighted by Gasteiger charge is 2.31. The molecule has 0 aliphatic carbocycles. The molecule has 6 heteroatoms. The average molecular weight is 464 g/mol. The second-order valence-corrected chi connectivity index (χ2v) is 9.69. The summed E-state index contributed by atoms with van der Waals surface area (Å²) in [6.45, 7) is 10.5. The molecular formula is C28H37N3O3. The van der Waals surface area contributed by atoms with Crippen molar-refractivity contribution >= 4 is 0 Å². The van der Waals surface area contributed by atoms with Crippen molar-refractivity contribution < 1.29 is 14.6 Å². The molecule has 3 aromatic rings. The Kier molecular flexibility index (Phi) is 7.91. The van der Waals surface area contributed by atoms with E-state index < -0.39 is 5.60 Å². The number of rotatable bonds is 9. The summed E-state index contributed by atoms with van der Waals surface area (Å²) in [6.07, 6.45) is 6.29. The lowest BCUT2D eigenvalue weighted by Gasteiger charge is -2.27. The maximum absolute atomic E-state index is 11.2. The lowest BCUT2D eigenvalue weighted by Crippen LogP contribution is -2.37. The molecule has 0 saturated carbocycles. The first kappa shape index (κ1) is 24.3. The monoisotopic (exact) mass is 463 g/mol. The first-order chi connectivity index (χ1) is 16.4. The molecule has 34 heavy (non-hydrogen) atoms. The van der Waals surface area contributed by atoms with Crippen LogP contribution in [0.2, 0.25) is 0 Å². The fourth-order valence-corrected chi connectivity index (χ4v) is 4.55. The van der Waals surface area contributed by atoms with E-state index in [0.717, 1.165) is 61.6 Å². The summed E-state index contributed by atoms with van der Waals surface area (Å²) in [4.78, 5) is 2.42. The first-order valence-electron chi connectivity index (χ1n) is 12.2. The number of aromatic nitrogens is 2. The summed E-state index contributed by atoms with van der Waals surface area (Å²) >= 11 is 0. The van der Waals surface area contributed by atoms with Gasteiger partial charge in [0.25, 0.3) is 0 Å². The topological polar surface area (TPSA) is 59.8 Å². The highest BCUT2D eigenvalue weighted by Crippen LogP contribution is 2.27. The summed E-state index contributed by atoms with van der Waals surface area (Å²) in [7, 11) is 0. The molecule has 0 unspecified atom stereocenters. The summed E-state index contributed by atoms with van der Waals surface area (Å²) in [5, 5.41) is 15.5. The van der Waals surface area contributed by atoms with Crippen LogP contribution < -0.4 is 9.47 Å². The smallest absolute Gasteiger partial charge is 0.122 e. The molecule has 0 bridgehead atoms. The molecule has 4 rings (SSSR count). The lowest BCUT2D eigenvalue weighted by molar-refractivity contribution is -0.0170. The molecule has 0 radical (unpaired) electrons. The molecule has 1 fully saturated rings. The molecule has 0 spiro atoms. The third-order valence-electron chi connectivity index (χ3n) is 6.49. The van der Waals surface area contributed by atoms with E-state index in [0.29, 0.717) is 19.6 Å². The molecular weight excluding hydrogens is 426 g/mol. The van der Waals surface area contributed by atoms with Gasteiger partial charge in [0, 0.05) is 19.3 Å². The standard InChI is InChI=1S/C28H37N3O3/c1-22-8-9-27(24(3)16-22)34-21-28(32)10-5-12-30(13-11-28)20-25-6-4-7-26(17-25)33-15-14-31-19-23(2)18-29-31/h4,6-9,16-19,32H,5,10-15,20-21H2,1-3H3/t28-/m1/s1. The predicted octanol–water partition coefficient (Wildman–Crippen LogP) is 4.68. The SMILES string of the molecule is Cc1ccc(OC[C@@]2(O)CCCN(Cc3cccc(OCCn4cc(C)cn4)c3)CC2)c(C)c1. The van der Waals surface area contributed by atoms with Crippen LogP contribution in [-0.4, -0.2) is 51.7 Å². The van der Waals surface area contributed by atoms with Gasteiger partial charge in [-0.2, -0.15) is 5.10 Å². The Bertz CT molecular complexity index is 1080. The van der Waals surface area contributed by atoms with Crippen molar-refractivity contribution in [3.05, 3.63) is 77.1 Å². The van der Waals surface area contributed by atoms with Gasteiger partial charge in [0.05, 0.1) is 18.3 Å². The number of nitrogens with zero attached hydrogens (tertiary/aromatic N) is 3. The van der Waals surface area contributed by atoms with Crippen LogP contribution in [0.4, 0.5) is 0 Å². The zero-order valence-corrected chi connectivity index (χ0v) is 20.7. The van der Waals surface area contributed by atoms with E-state index in [4.69, 9.17) is 9.47 Å². The van der Waals surface area contributed by atoms with Crippen LogP contribution >= 0.6 is 0 Å². The van der Waals surface area contributed by atoms with Crippen LogP contribution in [0.15, 0.2) is 54.9 Å². The minimum absolute atomic E-state index is 0.337. The van der Waals surface area contributed by atoms with Crippen LogP contribution in [0.3, 0.4) is 0 Å². The minimum Gasteiger partial charge on any atom is -0.492 e. The van der Waals surface area contributed by atoms with E-state index in [1.807, 2.05) is 36.1 Å². The van der Waals surface area contributed by atoms with Crippen LogP contribution in [0.25, 0.3) is 0 Å². The van der Waals surface area contributed by atoms with Gasteiger partial charge in [-0.1, -0.05) is 29.8 Å². The first-order valence-corrected chi connectivity index (χ1v) is 12.2. The van der Waals surface area contributed by atoms with Gasteiger partial charge in [-0.3, -0.25) is 9.58 Å². The Balaban J connectivity index is 1.26. The minimum atomic E-state index is -0.790. The number of hydrogen-bond acceptors (Lipinski definition) is 5. The summed E-state index contributed by atoms with van der Waals surface area (Å²) in [5.74, 6) is 1.74. The second kappa shape index (κ2) is 11.1. The second-order valence-electron chi connectivity index (χ2n) is 9.69. The van der Waals surface area contributed by atoms with Crippen molar-refractivity contribution in [2.24, 2.45) is 0 Å². The summed E-state index contributed by atoms with van der Waals surface area (Å²) in [6, 6.07) is 14.5. The third-order valence-corrected chi connectivity index (χ3v) is 6.49. The zero-order chi connectivity index (χ0) is 24.0. The van der Waals surface area contributed by atoms with E-state index in [9.17, 15) is 5.11 Å². The maximum Gasteiger partial charge on any atom is 0.122 e. The molecule has 1 atom stereocenters. The van der Waals surface area contributed by atoms with Gasteiger partial charge < -0.3 is 14.6 Å². The fourth-order valence-electron chi connectivity index (χ4n) is 4.55. The average Bonchev–Trinajstić information content (AvgIpc) is 3.13. The maximum atomic E-state index is 11.2. The number of hydrogen-bond donors (Lipinski definition) is 1. The van der Waals surface area contributed by atoms with Gasteiger partial charge in [0.1, 0.15) is 24.7 Å². The van der Waals surface area contributed by atoms with Gasteiger partial charge in [0.2, 0.25) is 0 Å². The summed E-state index contributed by atoms with van der Waals surface area (Å²) in [5.41, 5.74) is 3.92. The van der Waals surface area contributed by atoms with E-state index >= 15 is 0 Å². The third kappa shape index (κ3) is 6.84. The quantitative estimate of drug-likeness (QED) is 0.499. The largest absolute Gasteiger partial charge is 0.492 e. The van der Waals surface area contributed by atoms with Crippen molar-refractivity contribution in [1.82, 2.24) is 14.7 Å². The van der Waals surface area contributed by atoms with Crippen LogP contribution in [0.5, 0.6) is 11.5 Å². The number of aliphatic hydroxyl groups is 1. The Morgan fingerprint density at radius 2 is 1.88 bits per heavy atom. The highest BCUT2D eigenvalue weighted by molar-refractivity contribution is 5.35. The number of benzene rings is 2. The van der Waals surface area contributed by atoms with E-state index in [-0.39, 0.29) is 0 Å². The van der Waals surface area contributed by atoms with E-state index in [2.05, 4.69) is 54.2 Å². The van der Waals surface area contributed by atoms with Crippen molar-refractivity contribution in [3.63, 3.8) is 0 Å². The molecule has 1 aromatic heterocycles. The number of likely N-dealkylation sites (tertiary alicyclic amines) is 1. The Morgan fingerprint density at radius 1 is 1.00 bits per heavy atom. The molecule has 2 aromatic carbocycles. The summed E-state index contributed by atoms with van der Waals surface area (Å²) < 4.78 is 13.9. The van der Waals surface area contributed by atoms with E-state index in [1.54, 1.807) is 0 Å². The molecule has 1 aliphatic rings. The van der Waals surface area contributed by atoms with Crippen LogP contribution in [0.1, 0.15) is 41.5 Å². The van der Waals surface area contributed by atoms with Gasteiger partial charge in [0.15, 0.2) is 0 Å². The van der Waals surface area contributed by atoms with Gasteiger partial charge in [-0.05, 0) is 81.5 Å². The van der Waals surface area contributed by atoms with Gasteiger partial charge >= 0.3 is 0 Å².